The van der Waals surface area contributed by atoms with Crippen molar-refractivity contribution in [1.82, 2.24) is 4.57 Å². The molecule has 0 atom stereocenters. The molecule has 3 heteroatoms. The van der Waals surface area contributed by atoms with E-state index in [1.165, 1.54) is 0 Å². The Hall–Kier alpha value is -2.55. The molecule has 3 aromatic rings. The van der Waals surface area contributed by atoms with Crippen LogP contribution in [0.3, 0.4) is 0 Å². The lowest BCUT2D eigenvalue weighted by Gasteiger charge is -2.05. The first-order chi connectivity index (χ1) is 8.77. The fraction of sp³-hybridized carbons (Fsp3) is 0. The number of carbonyl (C=O) groups is 1. The highest BCUT2D eigenvalue weighted by atomic mass is 16.2. The summed E-state index contributed by atoms with van der Waals surface area (Å²) in [6, 6.07) is 19.0. The zero-order valence-corrected chi connectivity index (χ0v) is 9.71. The minimum Gasteiger partial charge on any atom is -0.351 e. The van der Waals surface area contributed by atoms with Crippen molar-refractivity contribution < 1.29 is 4.79 Å². The van der Waals surface area contributed by atoms with Crippen LogP contribution in [0.2, 0.25) is 0 Å². The van der Waals surface area contributed by atoms with Gasteiger partial charge in [0.05, 0.1) is 11.2 Å². The van der Waals surface area contributed by atoms with Crippen molar-refractivity contribution in [3.63, 3.8) is 0 Å². The van der Waals surface area contributed by atoms with Crippen LogP contribution >= 0.6 is 0 Å². The van der Waals surface area contributed by atoms with Gasteiger partial charge in [0.15, 0.2) is 0 Å². The average Bonchev–Trinajstić information content (AvgIpc) is 2.79. The third kappa shape index (κ3) is 1.57. The number of benzene rings is 2. The second-order valence-electron chi connectivity index (χ2n) is 4.13. The zero-order chi connectivity index (χ0) is 12.5. The Balaban J connectivity index is 2.36. The quantitative estimate of drug-likeness (QED) is 0.692. The van der Waals surface area contributed by atoms with Gasteiger partial charge in [-0.15, -0.1) is 0 Å². The summed E-state index contributed by atoms with van der Waals surface area (Å²) in [7, 11) is 0. The van der Waals surface area contributed by atoms with Crippen LogP contribution in [-0.4, -0.2) is 10.6 Å². The molecule has 0 aliphatic carbocycles. The fourth-order valence-corrected chi connectivity index (χ4v) is 2.21. The maximum atomic E-state index is 11.7. The molecule has 2 aromatic carbocycles. The monoisotopic (exact) mass is 236 g/mol. The number of primary amides is 1. The molecule has 2 N–H and O–H groups in total. The molecule has 0 unspecified atom stereocenters. The van der Waals surface area contributed by atoms with Crippen molar-refractivity contribution in [2.24, 2.45) is 5.73 Å². The zero-order valence-electron chi connectivity index (χ0n) is 9.71. The van der Waals surface area contributed by atoms with Gasteiger partial charge in [-0.05, 0) is 17.7 Å². The first-order valence-electron chi connectivity index (χ1n) is 5.73. The second-order valence-corrected chi connectivity index (χ2v) is 4.13. The summed E-state index contributed by atoms with van der Waals surface area (Å²) in [4.78, 5) is 11.7. The normalized spacial score (nSPS) is 10.7. The molecule has 0 saturated heterocycles. The van der Waals surface area contributed by atoms with Gasteiger partial charge in [-0.1, -0.05) is 48.5 Å². The van der Waals surface area contributed by atoms with E-state index in [2.05, 4.69) is 0 Å². The van der Waals surface area contributed by atoms with Crippen molar-refractivity contribution >= 4 is 16.9 Å². The van der Waals surface area contributed by atoms with Crippen LogP contribution in [0.15, 0.2) is 60.7 Å². The number of hydrogen-bond acceptors (Lipinski definition) is 1. The standard InChI is InChI=1S/C15H12N2O/c16-15(18)17-13-9-5-4-8-12(13)10-14(17)11-6-2-1-3-7-11/h1-10H,(H2,16,18). The van der Waals surface area contributed by atoms with Gasteiger partial charge in [-0.2, -0.15) is 0 Å². The molecular formula is C15H12N2O. The van der Waals surface area contributed by atoms with E-state index in [1.54, 1.807) is 4.57 Å². The summed E-state index contributed by atoms with van der Waals surface area (Å²) in [6.45, 7) is 0. The van der Waals surface area contributed by atoms with E-state index in [0.717, 1.165) is 22.2 Å². The van der Waals surface area contributed by atoms with Gasteiger partial charge in [0.1, 0.15) is 0 Å². The third-order valence-electron chi connectivity index (χ3n) is 3.00. The van der Waals surface area contributed by atoms with Crippen LogP contribution in [-0.2, 0) is 0 Å². The summed E-state index contributed by atoms with van der Waals surface area (Å²) in [5.41, 5.74) is 8.13. The first-order valence-corrected chi connectivity index (χ1v) is 5.73. The van der Waals surface area contributed by atoms with Gasteiger partial charge < -0.3 is 5.73 Å². The first kappa shape index (κ1) is 10.6. The van der Waals surface area contributed by atoms with Crippen LogP contribution < -0.4 is 5.73 Å². The number of carbonyl (C=O) groups excluding carboxylic acids is 1. The van der Waals surface area contributed by atoms with E-state index < -0.39 is 6.03 Å². The Morgan fingerprint density at radius 1 is 0.944 bits per heavy atom. The number of hydrogen-bond donors (Lipinski definition) is 1. The summed E-state index contributed by atoms with van der Waals surface area (Å²) >= 11 is 0. The molecule has 1 aromatic heterocycles. The molecule has 1 heterocycles. The molecule has 3 nitrogen and oxygen atoms in total. The number of rotatable bonds is 1. The Bertz CT molecular complexity index is 714. The van der Waals surface area contributed by atoms with Gasteiger partial charge in [0, 0.05) is 5.39 Å². The number of aromatic nitrogens is 1. The van der Waals surface area contributed by atoms with Crippen molar-refractivity contribution in [1.29, 1.82) is 0 Å². The lowest BCUT2D eigenvalue weighted by molar-refractivity contribution is 0.251. The van der Waals surface area contributed by atoms with Gasteiger partial charge in [-0.3, -0.25) is 4.57 Å². The molecule has 88 valence electrons. The number of nitrogens with two attached hydrogens (primary N) is 1. The van der Waals surface area contributed by atoms with Crippen LogP contribution in [0.4, 0.5) is 4.79 Å². The second kappa shape index (κ2) is 4.04. The largest absolute Gasteiger partial charge is 0.351 e. The molecule has 0 spiro atoms. The Morgan fingerprint density at radius 3 is 2.33 bits per heavy atom. The molecule has 0 aliphatic rings. The number of para-hydroxylation sites is 1. The van der Waals surface area contributed by atoms with Crippen molar-refractivity contribution in [2.45, 2.75) is 0 Å². The molecule has 0 bridgehead atoms. The Morgan fingerprint density at radius 2 is 1.61 bits per heavy atom. The van der Waals surface area contributed by atoms with Crippen LogP contribution in [0.25, 0.3) is 22.2 Å². The molecule has 0 aliphatic heterocycles. The minimum atomic E-state index is -0.463. The third-order valence-corrected chi connectivity index (χ3v) is 3.00. The summed E-state index contributed by atoms with van der Waals surface area (Å²) in [5, 5.41) is 1.01. The summed E-state index contributed by atoms with van der Waals surface area (Å²) in [6.07, 6.45) is 0. The van der Waals surface area contributed by atoms with Crippen molar-refractivity contribution in [3.8, 4) is 11.3 Å². The molecule has 0 saturated carbocycles. The van der Waals surface area contributed by atoms with E-state index in [-0.39, 0.29) is 0 Å². The molecule has 0 fully saturated rings. The Labute approximate surface area is 104 Å². The topological polar surface area (TPSA) is 48.0 Å². The highest BCUT2D eigenvalue weighted by molar-refractivity contribution is 5.97. The number of nitrogens with zero attached hydrogens (tertiary/aromatic N) is 1. The molecule has 1 amide bonds. The van der Waals surface area contributed by atoms with E-state index in [9.17, 15) is 4.79 Å². The van der Waals surface area contributed by atoms with E-state index in [1.807, 2.05) is 60.7 Å². The maximum absolute atomic E-state index is 11.7. The number of amides is 1. The highest BCUT2D eigenvalue weighted by Gasteiger charge is 2.13. The molecular weight excluding hydrogens is 224 g/mol. The SMILES string of the molecule is NC(=O)n1c(-c2ccccc2)cc2ccccc21. The van der Waals surface area contributed by atoms with Crippen LogP contribution in [0, 0.1) is 0 Å². The lowest BCUT2D eigenvalue weighted by atomic mass is 10.1. The smallest absolute Gasteiger partial charge is 0.323 e. The van der Waals surface area contributed by atoms with E-state index in [0.29, 0.717) is 0 Å². The predicted molar refractivity (Wildman–Crippen MR) is 72.4 cm³/mol. The molecule has 3 rings (SSSR count). The molecule has 18 heavy (non-hydrogen) atoms. The van der Waals surface area contributed by atoms with Gasteiger partial charge in [-0.25, -0.2) is 4.79 Å². The van der Waals surface area contributed by atoms with Gasteiger partial charge >= 0.3 is 6.03 Å². The summed E-state index contributed by atoms with van der Waals surface area (Å²) < 4.78 is 1.55. The highest BCUT2D eigenvalue weighted by Crippen LogP contribution is 2.27. The predicted octanol–water partition coefficient (Wildman–Crippen LogP) is 3.24. The van der Waals surface area contributed by atoms with Gasteiger partial charge in [0.25, 0.3) is 0 Å². The maximum Gasteiger partial charge on any atom is 0.323 e. The lowest BCUT2D eigenvalue weighted by Crippen LogP contribution is -2.19. The van der Waals surface area contributed by atoms with Crippen molar-refractivity contribution in [2.75, 3.05) is 0 Å². The van der Waals surface area contributed by atoms with Crippen LogP contribution in [0.5, 0.6) is 0 Å². The average molecular weight is 236 g/mol. The van der Waals surface area contributed by atoms with E-state index in [4.69, 9.17) is 5.73 Å². The summed E-state index contributed by atoms with van der Waals surface area (Å²) in [5.74, 6) is 0. The molecule has 0 radical (unpaired) electrons. The minimum absolute atomic E-state index is 0.463. The number of fused-ring (bicyclic) bond motifs is 1. The van der Waals surface area contributed by atoms with Gasteiger partial charge in [0.2, 0.25) is 0 Å². The van der Waals surface area contributed by atoms with Crippen molar-refractivity contribution in [3.05, 3.63) is 60.7 Å². The van der Waals surface area contributed by atoms with E-state index >= 15 is 0 Å². The van der Waals surface area contributed by atoms with Crippen LogP contribution in [0.1, 0.15) is 0 Å². The fourth-order valence-electron chi connectivity index (χ4n) is 2.21. The Kier molecular flexibility index (Phi) is 2.38.